The van der Waals surface area contributed by atoms with Crippen LogP contribution in [-0.4, -0.2) is 21.9 Å². The summed E-state index contributed by atoms with van der Waals surface area (Å²) >= 11 is 0. The van der Waals surface area contributed by atoms with Gasteiger partial charge in [-0.2, -0.15) is 0 Å². The van der Waals surface area contributed by atoms with Gasteiger partial charge in [0.05, 0.1) is 21.4 Å². The van der Waals surface area contributed by atoms with E-state index in [0.29, 0.717) is 0 Å². The van der Waals surface area contributed by atoms with E-state index in [9.17, 15) is 18.2 Å². The summed E-state index contributed by atoms with van der Waals surface area (Å²) in [6, 6.07) is 2.27. The van der Waals surface area contributed by atoms with Crippen LogP contribution in [0.5, 0.6) is 0 Å². The SMILES string of the molecule is NC(=O)NC(=O)CS(=O)c1ccc(F)cc1N. The van der Waals surface area contributed by atoms with Crippen molar-refractivity contribution in [2.75, 3.05) is 11.5 Å². The predicted molar refractivity (Wildman–Crippen MR) is 59.8 cm³/mol. The normalized spacial score (nSPS) is 11.8. The predicted octanol–water partition coefficient (Wildman–Crippen LogP) is -0.290. The molecule has 92 valence electrons. The van der Waals surface area contributed by atoms with E-state index in [0.717, 1.165) is 12.1 Å². The quantitative estimate of drug-likeness (QED) is 0.647. The lowest BCUT2D eigenvalue weighted by atomic mass is 10.3. The standard InChI is InChI=1S/C9H10FN3O3S/c10-5-1-2-7(6(11)3-5)17(16)4-8(14)13-9(12)15/h1-3H,4,11H2,(H3,12,13,14,15). The lowest BCUT2D eigenvalue weighted by molar-refractivity contribution is -0.117. The third-order valence-electron chi connectivity index (χ3n) is 1.74. The highest BCUT2D eigenvalue weighted by molar-refractivity contribution is 7.86. The Balaban J connectivity index is 2.76. The van der Waals surface area contributed by atoms with Crippen LogP contribution in [0.4, 0.5) is 14.9 Å². The molecular weight excluding hydrogens is 249 g/mol. The molecule has 0 aliphatic rings. The first-order valence-corrected chi connectivity index (χ1v) is 5.74. The maximum Gasteiger partial charge on any atom is 0.318 e. The number of primary amides is 1. The van der Waals surface area contributed by atoms with E-state index in [4.69, 9.17) is 11.5 Å². The van der Waals surface area contributed by atoms with Gasteiger partial charge in [0, 0.05) is 0 Å². The fourth-order valence-corrected chi connectivity index (χ4v) is 2.10. The number of nitrogens with two attached hydrogens (primary N) is 2. The summed E-state index contributed by atoms with van der Waals surface area (Å²) in [5, 5.41) is 1.77. The van der Waals surface area contributed by atoms with Crippen LogP contribution >= 0.6 is 0 Å². The van der Waals surface area contributed by atoms with Gasteiger partial charge in [0.25, 0.3) is 0 Å². The molecule has 1 atom stereocenters. The van der Waals surface area contributed by atoms with Crippen LogP contribution in [0.3, 0.4) is 0 Å². The van der Waals surface area contributed by atoms with Crippen LogP contribution in [0.2, 0.25) is 0 Å². The minimum absolute atomic E-state index is 0.0183. The number of anilines is 1. The molecule has 8 heteroatoms. The highest BCUT2D eigenvalue weighted by Gasteiger charge is 2.14. The van der Waals surface area contributed by atoms with Gasteiger partial charge < -0.3 is 11.5 Å². The van der Waals surface area contributed by atoms with E-state index in [-0.39, 0.29) is 10.6 Å². The molecule has 0 aromatic heterocycles. The molecule has 3 amide bonds. The molecule has 0 bridgehead atoms. The van der Waals surface area contributed by atoms with Gasteiger partial charge >= 0.3 is 6.03 Å². The molecule has 0 aliphatic carbocycles. The molecule has 17 heavy (non-hydrogen) atoms. The van der Waals surface area contributed by atoms with Gasteiger partial charge in [-0.25, -0.2) is 9.18 Å². The van der Waals surface area contributed by atoms with Gasteiger partial charge in [-0.05, 0) is 18.2 Å². The van der Waals surface area contributed by atoms with Gasteiger partial charge in [-0.3, -0.25) is 14.3 Å². The van der Waals surface area contributed by atoms with E-state index in [1.54, 1.807) is 5.32 Å². The minimum Gasteiger partial charge on any atom is -0.398 e. The Bertz CT molecular complexity index is 492. The van der Waals surface area contributed by atoms with E-state index < -0.39 is 34.3 Å². The second kappa shape index (κ2) is 5.39. The smallest absolute Gasteiger partial charge is 0.318 e. The molecule has 1 aromatic rings. The Morgan fingerprint density at radius 2 is 2.06 bits per heavy atom. The van der Waals surface area contributed by atoms with Crippen LogP contribution < -0.4 is 16.8 Å². The molecule has 6 nitrogen and oxygen atoms in total. The highest BCUT2D eigenvalue weighted by atomic mass is 32.2. The van der Waals surface area contributed by atoms with Crippen molar-refractivity contribution in [1.82, 2.24) is 5.32 Å². The van der Waals surface area contributed by atoms with Crippen molar-refractivity contribution in [3.05, 3.63) is 24.0 Å². The fourth-order valence-electron chi connectivity index (χ4n) is 1.10. The zero-order valence-electron chi connectivity index (χ0n) is 8.60. The maximum atomic E-state index is 12.7. The molecule has 0 saturated heterocycles. The lowest BCUT2D eigenvalue weighted by Crippen LogP contribution is -2.37. The Morgan fingerprint density at radius 1 is 1.41 bits per heavy atom. The lowest BCUT2D eigenvalue weighted by Gasteiger charge is -2.05. The van der Waals surface area contributed by atoms with E-state index in [2.05, 4.69) is 0 Å². The molecule has 0 fully saturated rings. The number of rotatable bonds is 3. The van der Waals surface area contributed by atoms with Gasteiger partial charge in [-0.1, -0.05) is 0 Å². The first kappa shape index (κ1) is 13.1. The number of urea groups is 1. The molecular formula is C9H10FN3O3S. The number of nitrogens with one attached hydrogen (secondary N) is 1. The Labute approximate surface area is 98.6 Å². The molecule has 0 radical (unpaired) electrons. The van der Waals surface area contributed by atoms with Crippen molar-refractivity contribution in [2.45, 2.75) is 4.90 Å². The van der Waals surface area contributed by atoms with Crippen molar-refractivity contribution in [3.63, 3.8) is 0 Å². The van der Waals surface area contributed by atoms with Crippen molar-refractivity contribution in [1.29, 1.82) is 0 Å². The summed E-state index contributed by atoms with van der Waals surface area (Å²) in [7, 11) is -1.76. The highest BCUT2D eigenvalue weighted by Crippen LogP contribution is 2.17. The third kappa shape index (κ3) is 3.83. The summed E-state index contributed by atoms with van der Waals surface area (Å²) in [4.78, 5) is 21.6. The third-order valence-corrected chi connectivity index (χ3v) is 3.13. The molecule has 0 saturated carbocycles. The summed E-state index contributed by atoms with van der Waals surface area (Å²) < 4.78 is 24.4. The summed E-state index contributed by atoms with van der Waals surface area (Å²) in [6.45, 7) is 0. The first-order valence-electron chi connectivity index (χ1n) is 4.43. The zero-order chi connectivity index (χ0) is 13.0. The average molecular weight is 259 g/mol. The Morgan fingerprint density at radius 3 is 2.59 bits per heavy atom. The van der Waals surface area contributed by atoms with Crippen molar-refractivity contribution in [3.8, 4) is 0 Å². The molecule has 0 spiro atoms. The number of hydrogen-bond donors (Lipinski definition) is 3. The molecule has 1 rings (SSSR count). The van der Waals surface area contributed by atoms with Crippen LogP contribution in [0.1, 0.15) is 0 Å². The molecule has 5 N–H and O–H groups in total. The number of imide groups is 1. The summed E-state index contributed by atoms with van der Waals surface area (Å²) in [5.74, 6) is -1.83. The number of carbonyl (C=O) groups excluding carboxylic acids is 2. The van der Waals surface area contributed by atoms with Crippen LogP contribution in [0.25, 0.3) is 0 Å². The van der Waals surface area contributed by atoms with Crippen molar-refractivity contribution >= 4 is 28.4 Å². The summed E-state index contributed by atoms with van der Waals surface area (Å²) in [5.41, 5.74) is 10.1. The second-order valence-corrected chi connectivity index (χ2v) is 4.50. The molecule has 1 aromatic carbocycles. The first-order chi connectivity index (χ1) is 7.90. The second-order valence-electron chi connectivity index (χ2n) is 3.08. The Kier molecular flexibility index (Phi) is 4.16. The fraction of sp³-hybridized carbons (Fsp3) is 0.111. The van der Waals surface area contributed by atoms with Gasteiger partial charge in [0.1, 0.15) is 11.6 Å². The van der Waals surface area contributed by atoms with Crippen LogP contribution in [0, 0.1) is 5.82 Å². The monoisotopic (exact) mass is 259 g/mol. The van der Waals surface area contributed by atoms with Crippen molar-refractivity contribution in [2.24, 2.45) is 5.73 Å². The van der Waals surface area contributed by atoms with Crippen LogP contribution in [-0.2, 0) is 15.6 Å². The maximum absolute atomic E-state index is 12.7. The zero-order valence-corrected chi connectivity index (χ0v) is 9.42. The van der Waals surface area contributed by atoms with Gasteiger partial charge in [-0.15, -0.1) is 0 Å². The minimum atomic E-state index is -1.76. The molecule has 0 aliphatic heterocycles. The number of benzene rings is 1. The van der Waals surface area contributed by atoms with Gasteiger partial charge in [0.2, 0.25) is 5.91 Å². The van der Waals surface area contributed by atoms with Gasteiger partial charge in [0.15, 0.2) is 0 Å². The molecule has 0 heterocycles. The molecule has 1 unspecified atom stereocenters. The van der Waals surface area contributed by atoms with E-state index in [1.807, 2.05) is 0 Å². The topological polar surface area (TPSA) is 115 Å². The largest absolute Gasteiger partial charge is 0.398 e. The number of hydrogen-bond acceptors (Lipinski definition) is 4. The number of carbonyl (C=O) groups is 2. The van der Waals surface area contributed by atoms with Crippen LogP contribution in [0.15, 0.2) is 23.1 Å². The number of amides is 3. The van der Waals surface area contributed by atoms with E-state index >= 15 is 0 Å². The Hall–Kier alpha value is -1.96. The number of halogens is 1. The number of nitrogen functional groups attached to an aromatic ring is 1. The summed E-state index contributed by atoms with van der Waals surface area (Å²) in [6.07, 6.45) is 0. The average Bonchev–Trinajstić information content (AvgIpc) is 2.15. The van der Waals surface area contributed by atoms with E-state index in [1.165, 1.54) is 6.07 Å². The van der Waals surface area contributed by atoms with Crippen molar-refractivity contribution < 1.29 is 18.2 Å².